The van der Waals surface area contributed by atoms with Crippen LogP contribution < -0.4 is 0 Å². The molecule has 2 N–H and O–H groups in total. The van der Waals surface area contributed by atoms with E-state index >= 15 is 0 Å². The van der Waals surface area contributed by atoms with Crippen LogP contribution in [-0.4, -0.2) is 30.1 Å². The van der Waals surface area contributed by atoms with Gasteiger partial charge < -0.3 is 4.98 Å². The first kappa shape index (κ1) is 23.1. The average Bonchev–Trinajstić information content (AvgIpc) is 3.63. The Morgan fingerprint density at radius 3 is 2.08 bits per heavy atom. The highest BCUT2D eigenvalue weighted by Gasteiger charge is 2.17. The Morgan fingerprint density at radius 1 is 0.575 bits per heavy atom. The van der Waals surface area contributed by atoms with Crippen molar-refractivity contribution in [2.24, 2.45) is 0 Å². The largest absolute Gasteiger partial charge is 0.342 e. The van der Waals surface area contributed by atoms with E-state index in [1.165, 1.54) is 32.7 Å². The van der Waals surface area contributed by atoms with Gasteiger partial charge in [0, 0.05) is 39.6 Å². The zero-order chi connectivity index (χ0) is 27.1. The van der Waals surface area contributed by atoms with Crippen molar-refractivity contribution in [2.45, 2.75) is 39.5 Å². The van der Waals surface area contributed by atoms with Crippen molar-refractivity contribution < 1.29 is 0 Å². The lowest BCUT2D eigenvalue weighted by molar-refractivity contribution is 0.799. The molecule has 0 aliphatic rings. The number of nitrogens with zero attached hydrogens (tertiary/aromatic N) is 4. The molecule has 8 aromatic rings. The third-order valence-corrected chi connectivity index (χ3v) is 8.14. The molecule has 0 fully saturated rings. The Labute approximate surface area is 230 Å². The molecule has 0 bridgehead atoms. The topological polar surface area (TPSA) is 83.1 Å². The number of fused-ring (bicyclic) bond motifs is 11. The number of rotatable bonds is 3. The van der Waals surface area contributed by atoms with Gasteiger partial charge in [-0.3, -0.25) is 5.10 Å². The van der Waals surface area contributed by atoms with E-state index in [-0.39, 0.29) is 5.92 Å². The monoisotopic (exact) mass is 520 g/mol. The second kappa shape index (κ2) is 8.33. The highest BCUT2D eigenvalue weighted by Crippen LogP contribution is 2.38. The number of hydrogen-bond donors (Lipinski definition) is 2. The molecule has 3 heterocycles. The van der Waals surface area contributed by atoms with Crippen LogP contribution >= 0.6 is 0 Å². The Bertz CT molecular complexity index is 2290. The predicted octanol–water partition coefficient (Wildman–Crippen LogP) is 8.76. The van der Waals surface area contributed by atoms with Gasteiger partial charge in [-0.05, 0) is 50.9 Å². The Balaban J connectivity index is 1.32. The summed E-state index contributed by atoms with van der Waals surface area (Å²) in [6.07, 6.45) is 3.84. The summed E-state index contributed by atoms with van der Waals surface area (Å²) in [7, 11) is 0. The number of H-pyrrole nitrogens is 2. The number of imidazole rings is 2. The summed E-state index contributed by atoms with van der Waals surface area (Å²) in [6, 6.07) is 22.2. The summed E-state index contributed by atoms with van der Waals surface area (Å²) >= 11 is 0. The molecule has 6 heteroatoms. The van der Waals surface area contributed by atoms with E-state index in [1.54, 1.807) is 0 Å². The molecular formula is C34H28N6. The lowest BCUT2D eigenvalue weighted by Crippen LogP contribution is -1.88. The molecule has 6 nitrogen and oxygen atoms in total. The van der Waals surface area contributed by atoms with Crippen molar-refractivity contribution in [1.82, 2.24) is 30.1 Å². The van der Waals surface area contributed by atoms with Crippen LogP contribution in [0.1, 0.15) is 51.2 Å². The van der Waals surface area contributed by atoms with Gasteiger partial charge in [0.2, 0.25) is 0 Å². The predicted molar refractivity (Wildman–Crippen MR) is 165 cm³/mol. The van der Waals surface area contributed by atoms with Gasteiger partial charge in [-0.15, -0.1) is 0 Å². The number of aromatic nitrogens is 6. The summed E-state index contributed by atoms with van der Waals surface area (Å²) in [5, 5.41) is 16.6. The van der Waals surface area contributed by atoms with Gasteiger partial charge >= 0.3 is 0 Å². The molecule has 3 aromatic heterocycles. The van der Waals surface area contributed by atoms with Gasteiger partial charge in [-0.2, -0.15) is 5.10 Å². The fourth-order valence-corrected chi connectivity index (χ4v) is 6.00. The van der Waals surface area contributed by atoms with Crippen LogP contribution in [0, 0.1) is 0 Å². The minimum atomic E-state index is 0.259. The number of aromatic amines is 2. The third-order valence-electron chi connectivity index (χ3n) is 8.14. The van der Waals surface area contributed by atoms with E-state index in [0.29, 0.717) is 5.92 Å². The third kappa shape index (κ3) is 3.29. The Kier molecular flexibility index (Phi) is 4.81. The fourth-order valence-electron chi connectivity index (χ4n) is 6.00. The maximum absolute atomic E-state index is 4.94. The van der Waals surface area contributed by atoms with Crippen LogP contribution in [0.2, 0.25) is 0 Å². The minimum Gasteiger partial charge on any atom is -0.342 e. The van der Waals surface area contributed by atoms with Crippen LogP contribution in [0.5, 0.6) is 0 Å². The second-order valence-corrected chi connectivity index (χ2v) is 11.4. The van der Waals surface area contributed by atoms with Gasteiger partial charge in [-0.25, -0.2) is 15.0 Å². The van der Waals surface area contributed by atoms with Gasteiger partial charge in [0.05, 0.1) is 22.7 Å². The zero-order valence-corrected chi connectivity index (χ0v) is 22.9. The van der Waals surface area contributed by atoms with Crippen LogP contribution in [-0.2, 0) is 0 Å². The van der Waals surface area contributed by atoms with Gasteiger partial charge in [-0.1, -0.05) is 70.2 Å². The zero-order valence-electron chi connectivity index (χ0n) is 22.9. The summed E-state index contributed by atoms with van der Waals surface area (Å²) in [5.74, 6) is 2.52. The van der Waals surface area contributed by atoms with Crippen LogP contribution in [0.25, 0.3) is 76.3 Å². The van der Waals surface area contributed by atoms with E-state index in [9.17, 15) is 0 Å². The molecule has 40 heavy (non-hydrogen) atoms. The number of nitrogens with one attached hydrogen (secondary N) is 2. The molecule has 0 amide bonds. The molecule has 0 radical (unpaired) electrons. The minimum absolute atomic E-state index is 0.259. The van der Waals surface area contributed by atoms with Gasteiger partial charge in [0.1, 0.15) is 17.2 Å². The SMILES string of the molecule is CC(C)c1nc2c3ccc(-c4ccc5c(ccc6c5ccc5[nH]c(C(C)C)nc56)c4)cc3c3c[nH]ncc3c2n1. The highest BCUT2D eigenvalue weighted by molar-refractivity contribution is 6.23. The second-order valence-electron chi connectivity index (χ2n) is 11.4. The maximum Gasteiger partial charge on any atom is 0.132 e. The van der Waals surface area contributed by atoms with E-state index in [1.807, 2.05) is 12.4 Å². The molecule has 8 rings (SSSR count). The van der Waals surface area contributed by atoms with Gasteiger partial charge in [0.15, 0.2) is 0 Å². The molecule has 0 spiro atoms. The quantitative estimate of drug-likeness (QED) is 0.228. The van der Waals surface area contributed by atoms with Crippen molar-refractivity contribution in [2.75, 3.05) is 0 Å². The highest BCUT2D eigenvalue weighted by atomic mass is 15.1. The molecule has 5 aromatic carbocycles. The smallest absolute Gasteiger partial charge is 0.132 e. The van der Waals surface area contributed by atoms with Crippen molar-refractivity contribution in [3.05, 3.63) is 84.7 Å². The first-order valence-corrected chi connectivity index (χ1v) is 13.9. The molecular weight excluding hydrogens is 492 g/mol. The summed E-state index contributed by atoms with van der Waals surface area (Å²) in [4.78, 5) is 18.2. The normalized spacial score (nSPS) is 12.4. The standard InChI is InChI=1S/C34H28N6/c1-17(2)33-37-29-12-11-23-22-8-5-19(13-21(22)7-10-24(23)30(29)38-33)20-6-9-25-26(14-20)27-15-35-36-16-28(27)32-31(25)39-34(40-32)18(3)4/h5-18,35H,1-4H3,(H,37,38). The molecule has 0 aliphatic carbocycles. The van der Waals surface area contributed by atoms with E-state index in [0.717, 1.165) is 55.3 Å². The van der Waals surface area contributed by atoms with Crippen LogP contribution in [0.4, 0.5) is 0 Å². The first-order chi connectivity index (χ1) is 19.5. The Hall–Kier alpha value is -4.84. The van der Waals surface area contributed by atoms with E-state index < -0.39 is 0 Å². The van der Waals surface area contributed by atoms with Gasteiger partial charge in [0.25, 0.3) is 0 Å². The van der Waals surface area contributed by atoms with E-state index in [2.05, 4.69) is 104 Å². The van der Waals surface area contributed by atoms with E-state index in [4.69, 9.17) is 15.0 Å². The van der Waals surface area contributed by atoms with Crippen molar-refractivity contribution in [3.63, 3.8) is 0 Å². The molecule has 0 atom stereocenters. The van der Waals surface area contributed by atoms with Crippen molar-refractivity contribution in [1.29, 1.82) is 0 Å². The van der Waals surface area contributed by atoms with Crippen LogP contribution in [0.3, 0.4) is 0 Å². The molecule has 0 aliphatic heterocycles. The van der Waals surface area contributed by atoms with Crippen molar-refractivity contribution >= 4 is 65.2 Å². The summed E-state index contributed by atoms with van der Waals surface area (Å²) in [6.45, 7) is 8.60. The summed E-state index contributed by atoms with van der Waals surface area (Å²) in [5.41, 5.74) is 6.35. The Morgan fingerprint density at radius 2 is 1.27 bits per heavy atom. The van der Waals surface area contributed by atoms with Crippen LogP contribution in [0.15, 0.2) is 73.1 Å². The molecule has 0 saturated heterocycles. The van der Waals surface area contributed by atoms with Crippen molar-refractivity contribution in [3.8, 4) is 11.1 Å². The fraction of sp³-hybridized carbons (Fsp3) is 0.176. The number of hydrogen-bond acceptors (Lipinski definition) is 4. The number of benzene rings is 5. The summed E-state index contributed by atoms with van der Waals surface area (Å²) < 4.78 is 0. The molecule has 0 saturated carbocycles. The molecule has 194 valence electrons. The lowest BCUT2D eigenvalue weighted by atomic mass is 9.94. The first-order valence-electron chi connectivity index (χ1n) is 13.9. The lowest BCUT2D eigenvalue weighted by Gasteiger charge is -2.10. The maximum atomic E-state index is 4.94. The average molecular weight is 521 g/mol. The molecule has 0 unspecified atom stereocenters.